The van der Waals surface area contributed by atoms with Gasteiger partial charge in [-0.2, -0.15) is 0 Å². The van der Waals surface area contributed by atoms with E-state index in [1.165, 1.54) is 17.5 Å². The molecule has 2 rings (SSSR count). The van der Waals surface area contributed by atoms with Crippen molar-refractivity contribution in [3.63, 3.8) is 0 Å². The van der Waals surface area contributed by atoms with Gasteiger partial charge in [0.15, 0.2) is 0 Å². The highest BCUT2D eigenvalue weighted by Gasteiger charge is 2.00. The Hall–Kier alpha value is -1.27. The topological polar surface area (TPSA) is 0 Å². The first-order chi connectivity index (χ1) is 9.19. The van der Waals surface area contributed by atoms with Crippen LogP contribution in [0, 0.1) is 6.92 Å². The van der Waals surface area contributed by atoms with Gasteiger partial charge >= 0.3 is 0 Å². The summed E-state index contributed by atoms with van der Waals surface area (Å²) >= 11 is 6.10. The van der Waals surface area contributed by atoms with Gasteiger partial charge in [-0.1, -0.05) is 93.7 Å². The Bertz CT molecular complexity index is 444. The molecule has 19 heavy (non-hydrogen) atoms. The smallest absolute Gasteiger partial charge is 0.0484 e. The van der Waals surface area contributed by atoms with E-state index in [0.29, 0.717) is 0 Å². The Kier molecular flexibility index (Phi) is 9.92. The van der Waals surface area contributed by atoms with Crippen molar-refractivity contribution in [1.82, 2.24) is 0 Å². The molecule has 0 unspecified atom stereocenters. The first-order valence-electron chi connectivity index (χ1n) is 7.00. The van der Waals surface area contributed by atoms with Crippen molar-refractivity contribution < 1.29 is 0 Å². The molecular weight excluding hydrogens is 252 g/mol. The lowest BCUT2D eigenvalue weighted by molar-refractivity contribution is 1.09. The zero-order valence-corrected chi connectivity index (χ0v) is 13.5. The van der Waals surface area contributed by atoms with Crippen molar-refractivity contribution in [2.45, 2.75) is 41.0 Å². The molecule has 0 saturated heterocycles. The lowest BCUT2D eigenvalue weighted by Crippen LogP contribution is -1.79. The van der Waals surface area contributed by atoms with Gasteiger partial charge in [0.25, 0.3) is 0 Å². The maximum Gasteiger partial charge on any atom is 0.0484 e. The molecule has 0 aliphatic rings. The third-order valence-corrected chi connectivity index (χ3v) is 2.57. The molecule has 0 heterocycles. The number of hydrogen-bond donors (Lipinski definition) is 0. The van der Waals surface area contributed by atoms with Crippen molar-refractivity contribution in [2.75, 3.05) is 0 Å². The zero-order chi connectivity index (χ0) is 14.7. The Labute approximate surface area is 123 Å². The van der Waals surface area contributed by atoms with Gasteiger partial charge in [0.05, 0.1) is 0 Å². The summed E-state index contributed by atoms with van der Waals surface area (Å²) in [6.45, 7) is 10.3. The van der Waals surface area contributed by atoms with Crippen LogP contribution in [-0.2, 0) is 0 Å². The fourth-order valence-corrected chi connectivity index (χ4v) is 1.67. The van der Waals surface area contributed by atoms with Crippen LogP contribution in [0.3, 0.4) is 0 Å². The monoisotopic (exact) mass is 276 g/mol. The highest BCUT2D eigenvalue weighted by atomic mass is 35.5. The Balaban J connectivity index is 0.000000573. The van der Waals surface area contributed by atoms with Crippen LogP contribution in [-0.4, -0.2) is 0 Å². The normalized spacial score (nSPS) is 8.74. The van der Waals surface area contributed by atoms with Gasteiger partial charge in [-0.05, 0) is 18.6 Å². The minimum atomic E-state index is 0.802. The molecule has 0 N–H and O–H groups in total. The quantitative estimate of drug-likeness (QED) is 0.540. The van der Waals surface area contributed by atoms with Gasteiger partial charge in [0.1, 0.15) is 0 Å². The van der Waals surface area contributed by atoms with Crippen LogP contribution in [0.4, 0.5) is 0 Å². The third-order valence-electron chi connectivity index (χ3n) is 2.24. The molecule has 0 aromatic heterocycles. The van der Waals surface area contributed by atoms with Gasteiger partial charge in [0, 0.05) is 10.6 Å². The SMILES string of the molecule is CC.CCC.Cc1ccc(-c2ccccc2Cl)cc1. The van der Waals surface area contributed by atoms with E-state index >= 15 is 0 Å². The summed E-state index contributed by atoms with van der Waals surface area (Å²) in [6.07, 6.45) is 1.25. The molecule has 1 heteroatoms. The Morgan fingerprint density at radius 3 is 1.79 bits per heavy atom. The maximum atomic E-state index is 6.10. The van der Waals surface area contributed by atoms with Crippen LogP contribution in [0.15, 0.2) is 48.5 Å². The molecule has 2 aromatic carbocycles. The molecule has 0 bridgehead atoms. The molecular formula is C18H25Cl. The van der Waals surface area contributed by atoms with Gasteiger partial charge in [-0.3, -0.25) is 0 Å². The molecule has 0 saturated carbocycles. The predicted molar refractivity (Wildman–Crippen MR) is 88.9 cm³/mol. The van der Waals surface area contributed by atoms with Gasteiger partial charge in [0.2, 0.25) is 0 Å². The standard InChI is InChI=1S/C13H11Cl.C3H8.C2H6/c1-10-6-8-11(9-7-10)12-4-2-3-5-13(12)14;1-3-2;1-2/h2-9H,1H3;3H2,1-2H3;1-2H3. The number of benzene rings is 2. The van der Waals surface area contributed by atoms with E-state index in [4.69, 9.17) is 11.6 Å². The van der Waals surface area contributed by atoms with Crippen molar-refractivity contribution in [3.8, 4) is 11.1 Å². The van der Waals surface area contributed by atoms with E-state index in [9.17, 15) is 0 Å². The largest absolute Gasteiger partial charge is 0.0837 e. The average molecular weight is 277 g/mol. The first-order valence-corrected chi connectivity index (χ1v) is 7.38. The lowest BCUT2D eigenvalue weighted by Gasteiger charge is -2.03. The van der Waals surface area contributed by atoms with Crippen molar-refractivity contribution >= 4 is 11.6 Å². The molecule has 0 aliphatic carbocycles. The molecule has 0 atom stereocenters. The van der Waals surface area contributed by atoms with Crippen molar-refractivity contribution in [3.05, 3.63) is 59.1 Å². The average Bonchev–Trinajstić information content (AvgIpc) is 2.44. The molecule has 0 aliphatic heterocycles. The van der Waals surface area contributed by atoms with Crippen LogP contribution in [0.1, 0.15) is 39.7 Å². The first kappa shape index (κ1) is 17.7. The number of halogens is 1. The summed E-state index contributed by atoms with van der Waals surface area (Å²) in [5, 5.41) is 0.802. The van der Waals surface area contributed by atoms with Crippen LogP contribution < -0.4 is 0 Å². The summed E-state index contributed by atoms with van der Waals surface area (Å²) in [6, 6.07) is 16.3. The third kappa shape index (κ3) is 6.45. The van der Waals surface area contributed by atoms with Crippen LogP contribution in [0.5, 0.6) is 0 Å². The second-order valence-corrected chi connectivity index (χ2v) is 4.46. The molecule has 2 aromatic rings. The molecule has 0 radical (unpaired) electrons. The fourth-order valence-electron chi connectivity index (χ4n) is 1.43. The van der Waals surface area contributed by atoms with Crippen molar-refractivity contribution in [2.24, 2.45) is 0 Å². The molecule has 0 spiro atoms. The minimum absolute atomic E-state index is 0.802. The van der Waals surface area contributed by atoms with Gasteiger partial charge < -0.3 is 0 Å². The molecule has 0 fully saturated rings. The highest BCUT2D eigenvalue weighted by Crippen LogP contribution is 2.27. The van der Waals surface area contributed by atoms with Gasteiger partial charge in [-0.15, -0.1) is 0 Å². The predicted octanol–water partition coefficient (Wildman–Crippen LogP) is 6.76. The highest BCUT2D eigenvalue weighted by molar-refractivity contribution is 6.33. The molecule has 0 amide bonds. The number of hydrogen-bond acceptors (Lipinski definition) is 0. The van der Waals surface area contributed by atoms with Crippen LogP contribution in [0.2, 0.25) is 5.02 Å². The second kappa shape index (κ2) is 10.6. The summed E-state index contributed by atoms with van der Waals surface area (Å²) < 4.78 is 0. The van der Waals surface area contributed by atoms with E-state index in [2.05, 4.69) is 45.0 Å². The van der Waals surface area contributed by atoms with Gasteiger partial charge in [-0.25, -0.2) is 0 Å². The van der Waals surface area contributed by atoms with E-state index in [1.807, 2.05) is 38.1 Å². The summed E-state index contributed by atoms with van der Waals surface area (Å²) in [7, 11) is 0. The lowest BCUT2D eigenvalue weighted by atomic mass is 10.0. The van der Waals surface area contributed by atoms with Crippen LogP contribution in [0.25, 0.3) is 11.1 Å². The van der Waals surface area contributed by atoms with E-state index in [0.717, 1.165) is 10.6 Å². The molecule has 104 valence electrons. The maximum absolute atomic E-state index is 6.10. The fraction of sp³-hybridized carbons (Fsp3) is 0.333. The number of aryl methyl sites for hydroxylation is 1. The zero-order valence-electron chi connectivity index (χ0n) is 12.7. The summed E-state index contributed by atoms with van der Waals surface area (Å²) in [5.74, 6) is 0. The van der Waals surface area contributed by atoms with Crippen molar-refractivity contribution in [1.29, 1.82) is 0 Å². The van der Waals surface area contributed by atoms with E-state index in [-0.39, 0.29) is 0 Å². The van der Waals surface area contributed by atoms with E-state index in [1.54, 1.807) is 0 Å². The summed E-state index contributed by atoms with van der Waals surface area (Å²) in [4.78, 5) is 0. The Morgan fingerprint density at radius 1 is 0.842 bits per heavy atom. The second-order valence-electron chi connectivity index (χ2n) is 4.05. The summed E-state index contributed by atoms with van der Waals surface area (Å²) in [5.41, 5.74) is 3.52. The Morgan fingerprint density at radius 2 is 1.32 bits per heavy atom. The minimum Gasteiger partial charge on any atom is -0.0837 e. The molecule has 0 nitrogen and oxygen atoms in total. The van der Waals surface area contributed by atoms with Crippen LogP contribution >= 0.6 is 11.6 Å². The number of rotatable bonds is 1. The van der Waals surface area contributed by atoms with E-state index < -0.39 is 0 Å².